The minimum absolute atomic E-state index is 0.285. The molecule has 3 rings (SSSR count). The van der Waals surface area contributed by atoms with Crippen molar-refractivity contribution in [1.29, 1.82) is 0 Å². The first-order valence-corrected chi connectivity index (χ1v) is 8.51. The average molecular weight is 308 g/mol. The van der Waals surface area contributed by atoms with Crippen molar-refractivity contribution in [2.45, 2.75) is 44.9 Å². The second-order valence-corrected chi connectivity index (χ2v) is 6.45. The fourth-order valence-corrected chi connectivity index (χ4v) is 3.76. The largest absolute Gasteiger partial charge is 0.463 e. The molecule has 0 amide bonds. The van der Waals surface area contributed by atoms with Crippen LogP contribution in [0.1, 0.15) is 61.6 Å². The summed E-state index contributed by atoms with van der Waals surface area (Å²) in [5.41, 5.74) is 5.31. The molecule has 0 unspecified atom stereocenters. The number of hydrogen-bond donors (Lipinski definition) is 0. The number of fused-ring (bicyclic) bond motifs is 5. The van der Waals surface area contributed by atoms with Gasteiger partial charge in [0.05, 0.1) is 6.61 Å². The molecule has 120 valence electrons. The Kier molecular flexibility index (Phi) is 4.80. The Balaban J connectivity index is 1.62. The fourth-order valence-electron chi connectivity index (χ4n) is 3.76. The zero-order chi connectivity index (χ0) is 16.2. The molecule has 0 radical (unpaired) electrons. The Bertz CT molecular complexity index is 679. The highest BCUT2D eigenvalue weighted by atomic mass is 16.5. The van der Waals surface area contributed by atoms with E-state index < -0.39 is 0 Å². The minimum Gasteiger partial charge on any atom is -0.463 e. The van der Waals surface area contributed by atoms with Crippen LogP contribution in [0.2, 0.25) is 0 Å². The predicted molar refractivity (Wildman–Crippen MR) is 94.3 cm³/mol. The van der Waals surface area contributed by atoms with Crippen molar-refractivity contribution in [1.82, 2.24) is 0 Å². The highest BCUT2D eigenvalue weighted by Crippen LogP contribution is 2.53. The number of carbonyl (C=O) groups is 1. The Morgan fingerprint density at radius 3 is 2.78 bits per heavy atom. The minimum atomic E-state index is -0.285. The summed E-state index contributed by atoms with van der Waals surface area (Å²) in [5, 5.41) is 0. The molecule has 0 aromatic heterocycles. The Morgan fingerprint density at radius 1 is 1.22 bits per heavy atom. The van der Waals surface area contributed by atoms with Gasteiger partial charge in [-0.15, -0.1) is 0 Å². The fraction of sp³-hybridized carbons (Fsp3) is 0.381. The molecule has 2 aliphatic rings. The summed E-state index contributed by atoms with van der Waals surface area (Å²) in [6.07, 6.45) is 13.6. The molecule has 1 aromatic carbocycles. The number of esters is 1. The molecule has 2 nitrogen and oxygen atoms in total. The van der Waals surface area contributed by atoms with Gasteiger partial charge in [-0.05, 0) is 67.2 Å². The molecule has 2 heteroatoms. The van der Waals surface area contributed by atoms with E-state index in [0.717, 1.165) is 17.4 Å². The molecule has 0 heterocycles. The van der Waals surface area contributed by atoms with Crippen molar-refractivity contribution >= 4 is 12.0 Å². The van der Waals surface area contributed by atoms with E-state index in [4.69, 9.17) is 4.74 Å². The van der Waals surface area contributed by atoms with Crippen LogP contribution in [0.15, 0.2) is 48.1 Å². The zero-order valence-corrected chi connectivity index (χ0v) is 13.9. The summed E-state index contributed by atoms with van der Waals surface area (Å²) in [4.78, 5) is 11.3. The molecular formula is C21H24O2. The number of ether oxygens (including phenoxy) is 1. The Morgan fingerprint density at radius 2 is 2.00 bits per heavy atom. The maximum atomic E-state index is 11.3. The van der Waals surface area contributed by atoms with Crippen LogP contribution in [0.3, 0.4) is 0 Å². The molecule has 2 aliphatic carbocycles. The molecule has 1 aromatic rings. The van der Waals surface area contributed by atoms with E-state index in [1.54, 1.807) is 11.1 Å². The average Bonchev–Trinajstić information content (AvgIpc) is 3.13. The van der Waals surface area contributed by atoms with Crippen LogP contribution in [-0.4, -0.2) is 12.6 Å². The van der Waals surface area contributed by atoms with Crippen molar-refractivity contribution in [2.24, 2.45) is 0 Å². The normalized spacial score (nSPS) is 23.0. The lowest BCUT2D eigenvalue weighted by Gasteiger charge is -2.15. The number of carbonyl (C=O) groups excluding carboxylic acids is 1. The Hall–Kier alpha value is -2.09. The lowest BCUT2D eigenvalue weighted by atomic mass is 9.90. The SMILES string of the molecule is CCOC(=O)C=C(C)C=CC=Cc1ccc2c(c1)[C@H]1CC[C@H]2C1. The van der Waals surface area contributed by atoms with E-state index in [1.165, 1.54) is 30.9 Å². The monoisotopic (exact) mass is 308 g/mol. The van der Waals surface area contributed by atoms with Crippen molar-refractivity contribution in [3.63, 3.8) is 0 Å². The second-order valence-electron chi connectivity index (χ2n) is 6.45. The predicted octanol–water partition coefficient (Wildman–Crippen LogP) is 5.13. The third kappa shape index (κ3) is 3.64. The second kappa shape index (κ2) is 6.99. The molecule has 0 N–H and O–H groups in total. The number of benzene rings is 1. The van der Waals surface area contributed by atoms with Gasteiger partial charge in [-0.25, -0.2) is 4.79 Å². The van der Waals surface area contributed by atoms with Gasteiger partial charge in [0.2, 0.25) is 0 Å². The van der Waals surface area contributed by atoms with Crippen LogP contribution < -0.4 is 0 Å². The van der Waals surface area contributed by atoms with Crippen LogP contribution in [-0.2, 0) is 9.53 Å². The van der Waals surface area contributed by atoms with Gasteiger partial charge in [-0.1, -0.05) is 42.5 Å². The highest BCUT2D eigenvalue weighted by molar-refractivity contribution is 5.83. The molecule has 23 heavy (non-hydrogen) atoms. The van der Waals surface area contributed by atoms with Crippen LogP contribution in [0.5, 0.6) is 0 Å². The standard InChI is InChI=1S/C21H24O2/c1-3-23-21(22)12-15(2)6-4-5-7-16-8-11-19-17-9-10-18(14-17)20(19)13-16/h4-8,11-13,17-18H,3,9-10,14H2,1-2H3/t17-,18-/m0/s1. The van der Waals surface area contributed by atoms with Gasteiger partial charge in [-0.3, -0.25) is 0 Å². The lowest BCUT2D eigenvalue weighted by Crippen LogP contribution is -1.99. The number of allylic oxidation sites excluding steroid dienone is 4. The molecule has 0 spiro atoms. The van der Waals surface area contributed by atoms with Crippen molar-refractivity contribution in [3.05, 3.63) is 64.8 Å². The van der Waals surface area contributed by atoms with Crippen LogP contribution in [0.25, 0.3) is 6.08 Å². The van der Waals surface area contributed by atoms with Gasteiger partial charge in [-0.2, -0.15) is 0 Å². The van der Waals surface area contributed by atoms with Crippen molar-refractivity contribution in [2.75, 3.05) is 6.61 Å². The summed E-state index contributed by atoms with van der Waals surface area (Å²) in [6.45, 7) is 4.11. The van der Waals surface area contributed by atoms with Crippen LogP contribution in [0, 0.1) is 0 Å². The van der Waals surface area contributed by atoms with Crippen molar-refractivity contribution < 1.29 is 9.53 Å². The van der Waals surface area contributed by atoms with Gasteiger partial charge < -0.3 is 4.74 Å². The van der Waals surface area contributed by atoms with Gasteiger partial charge in [0.25, 0.3) is 0 Å². The molecule has 2 atom stereocenters. The Labute approximate surface area is 138 Å². The quantitative estimate of drug-likeness (QED) is 0.428. The molecule has 0 aliphatic heterocycles. The molecule has 1 saturated carbocycles. The maximum Gasteiger partial charge on any atom is 0.330 e. The number of hydrogen-bond acceptors (Lipinski definition) is 2. The van der Waals surface area contributed by atoms with E-state index in [2.05, 4.69) is 24.3 Å². The van der Waals surface area contributed by atoms with E-state index in [-0.39, 0.29) is 5.97 Å². The summed E-state index contributed by atoms with van der Waals surface area (Å²) >= 11 is 0. The summed E-state index contributed by atoms with van der Waals surface area (Å²) < 4.78 is 4.89. The lowest BCUT2D eigenvalue weighted by molar-refractivity contribution is -0.137. The van der Waals surface area contributed by atoms with Gasteiger partial charge in [0.1, 0.15) is 0 Å². The van der Waals surface area contributed by atoms with Crippen LogP contribution in [0.4, 0.5) is 0 Å². The molecular weight excluding hydrogens is 284 g/mol. The molecule has 0 saturated heterocycles. The van der Waals surface area contributed by atoms with Gasteiger partial charge >= 0.3 is 5.97 Å². The first kappa shape index (κ1) is 15.8. The van der Waals surface area contributed by atoms with E-state index in [1.807, 2.05) is 32.1 Å². The number of rotatable bonds is 5. The smallest absolute Gasteiger partial charge is 0.330 e. The molecule has 2 bridgehead atoms. The molecule has 1 fully saturated rings. The van der Waals surface area contributed by atoms with Crippen molar-refractivity contribution in [3.8, 4) is 0 Å². The summed E-state index contributed by atoms with van der Waals surface area (Å²) in [5.74, 6) is 1.34. The van der Waals surface area contributed by atoms with Crippen LogP contribution >= 0.6 is 0 Å². The highest BCUT2D eigenvalue weighted by Gasteiger charge is 2.36. The van der Waals surface area contributed by atoms with E-state index in [0.29, 0.717) is 6.61 Å². The first-order valence-electron chi connectivity index (χ1n) is 8.51. The first-order chi connectivity index (χ1) is 11.2. The summed E-state index contributed by atoms with van der Waals surface area (Å²) in [6, 6.07) is 6.88. The van der Waals surface area contributed by atoms with Gasteiger partial charge in [0.15, 0.2) is 0 Å². The van der Waals surface area contributed by atoms with E-state index >= 15 is 0 Å². The van der Waals surface area contributed by atoms with Gasteiger partial charge in [0, 0.05) is 6.08 Å². The zero-order valence-electron chi connectivity index (χ0n) is 13.9. The topological polar surface area (TPSA) is 26.3 Å². The van der Waals surface area contributed by atoms with E-state index in [9.17, 15) is 4.79 Å². The summed E-state index contributed by atoms with van der Waals surface area (Å²) in [7, 11) is 0. The maximum absolute atomic E-state index is 11.3. The third-order valence-corrected chi connectivity index (χ3v) is 4.81. The third-order valence-electron chi connectivity index (χ3n) is 4.81.